The second-order valence-electron chi connectivity index (χ2n) is 5.76. The van der Waals surface area contributed by atoms with Crippen LogP contribution in [0.1, 0.15) is 25.0 Å². The third kappa shape index (κ3) is 4.99. The number of carbonyl (C=O) groups excluding carboxylic acids is 1. The highest BCUT2D eigenvalue weighted by atomic mass is 16.6. The Bertz CT molecular complexity index is 772. The van der Waals surface area contributed by atoms with Gasteiger partial charge in [-0.1, -0.05) is 41.6 Å². The highest BCUT2D eigenvalue weighted by Gasteiger charge is 2.18. The molecule has 0 aromatic heterocycles. The zero-order valence-electron chi connectivity index (χ0n) is 15.5. The smallest absolute Gasteiger partial charge is 0.273 e. The van der Waals surface area contributed by atoms with Gasteiger partial charge in [0.15, 0.2) is 17.2 Å². The maximum absolute atomic E-state index is 12.1. The van der Waals surface area contributed by atoms with E-state index < -0.39 is 0 Å². The Balaban J connectivity index is 2.27. The van der Waals surface area contributed by atoms with Crippen molar-refractivity contribution in [2.45, 2.75) is 26.6 Å². The second kappa shape index (κ2) is 9.46. The van der Waals surface area contributed by atoms with Crippen molar-refractivity contribution in [3.8, 4) is 11.5 Å². The van der Waals surface area contributed by atoms with Gasteiger partial charge in [0.25, 0.3) is 5.91 Å². The van der Waals surface area contributed by atoms with Crippen LogP contribution in [0, 0.1) is 0 Å². The standard InChI is InChI=1S/C20H24N2O4/c1-14(2)26-18-12-8-7-11-17(18)25-13-15-9-5-6-10-16(15)19(22-24-4)20(23)21-3/h5-12,14H,13H2,1-4H3,(H,21,23). The fourth-order valence-corrected chi connectivity index (χ4v) is 2.38. The van der Waals surface area contributed by atoms with Crippen molar-refractivity contribution >= 4 is 11.6 Å². The van der Waals surface area contributed by atoms with Gasteiger partial charge in [0.2, 0.25) is 0 Å². The molecule has 0 radical (unpaired) electrons. The summed E-state index contributed by atoms with van der Waals surface area (Å²) in [5, 5.41) is 6.43. The van der Waals surface area contributed by atoms with Crippen molar-refractivity contribution in [1.29, 1.82) is 0 Å². The second-order valence-corrected chi connectivity index (χ2v) is 5.76. The van der Waals surface area contributed by atoms with E-state index in [1.54, 1.807) is 7.05 Å². The monoisotopic (exact) mass is 356 g/mol. The number of nitrogens with zero attached hydrogens (tertiary/aromatic N) is 1. The van der Waals surface area contributed by atoms with E-state index in [2.05, 4.69) is 10.5 Å². The first-order chi connectivity index (χ1) is 12.6. The number of carbonyl (C=O) groups is 1. The van der Waals surface area contributed by atoms with Gasteiger partial charge < -0.3 is 19.6 Å². The van der Waals surface area contributed by atoms with Gasteiger partial charge in [0.05, 0.1) is 6.10 Å². The zero-order chi connectivity index (χ0) is 18.9. The Morgan fingerprint density at radius 1 is 1.08 bits per heavy atom. The van der Waals surface area contributed by atoms with Crippen LogP contribution >= 0.6 is 0 Å². The molecular weight excluding hydrogens is 332 g/mol. The van der Waals surface area contributed by atoms with Crippen LogP contribution in [0.15, 0.2) is 53.7 Å². The molecule has 2 aromatic rings. The molecule has 0 saturated heterocycles. The number of ether oxygens (including phenoxy) is 2. The molecule has 0 fully saturated rings. The molecule has 1 N–H and O–H groups in total. The Hall–Kier alpha value is -3.02. The SMILES string of the molecule is CNC(=O)C(=NOC)c1ccccc1COc1ccccc1OC(C)C. The highest BCUT2D eigenvalue weighted by Crippen LogP contribution is 2.28. The summed E-state index contributed by atoms with van der Waals surface area (Å²) in [6, 6.07) is 14.9. The molecule has 0 spiro atoms. The number of rotatable bonds is 8. The van der Waals surface area contributed by atoms with Crippen molar-refractivity contribution in [1.82, 2.24) is 5.32 Å². The number of benzene rings is 2. The number of oxime groups is 1. The van der Waals surface area contributed by atoms with Crippen LogP contribution in [0.5, 0.6) is 11.5 Å². The van der Waals surface area contributed by atoms with E-state index in [9.17, 15) is 4.79 Å². The molecule has 1 amide bonds. The molecule has 6 nitrogen and oxygen atoms in total. The minimum Gasteiger partial charge on any atom is -0.487 e. The maximum Gasteiger partial charge on any atom is 0.273 e. The van der Waals surface area contributed by atoms with Crippen LogP contribution < -0.4 is 14.8 Å². The summed E-state index contributed by atoms with van der Waals surface area (Å²) in [6.07, 6.45) is 0.0423. The van der Waals surface area contributed by atoms with Gasteiger partial charge in [0, 0.05) is 12.6 Å². The average molecular weight is 356 g/mol. The van der Waals surface area contributed by atoms with E-state index in [1.165, 1.54) is 7.11 Å². The van der Waals surface area contributed by atoms with Crippen molar-refractivity contribution < 1.29 is 19.1 Å². The molecule has 0 heterocycles. The number of amides is 1. The molecule has 0 aliphatic carbocycles. The molecule has 0 aliphatic heterocycles. The molecule has 138 valence electrons. The van der Waals surface area contributed by atoms with E-state index in [0.29, 0.717) is 17.1 Å². The predicted molar refractivity (Wildman–Crippen MR) is 101 cm³/mol. The van der Waals surface area contributed by atoms with Gasteiger partial charge >= 0.3 is 0 Å². The molecule has 0 bridgehead atoms. The summed E-state index contributed by atoms with van der Waals surface area (Å²) >= 11 is 0. The molecule has 26 heavy (non-hydrogen) atoms. The van der Waals surface area contributed by atoms with E-state index in [-0.39, 0.29) is 24.3 Å². The Morgan fingerprint density at radius 3 is 2.38 bits per heavy atom. The molecule has 0 atom stereocenters. The highest BCUT2D eigenvalue weighted by molar-refractivity contribution is 6.45. The zero-order valence-corrected chi connectivity index (χ0v) is 15.5. The fraction of sp³-hybridized carbons (Fsp3) is 0.300. The summed E-state index contributed by atoms with van der Waals surface area (Å²) in [4.78, 5) is 16.9. The van der Waals surface area contributed by atoms with E-state index in [1.807, 2.05) is 62.4 Å². The van der Waals surface area contributed by atoms with Crippen molar-refractivity contribution in [2.24, 2.45) is 5.16 Å². The van der Waals surface area contributed by atoms with Gasteiger partial charge in [-0.15, -0.1) is 0 Å². The lowest BCUT2D eigenvalue weighted by Gasteiger charge is -2.16. The largest absolute Gasteiger partial charge is 0.487 e. The van der Waals surface area contributed by atoms with Crippen molar-refractivity contribution in [3.05, 3.63) is 59.7 Å². The third-order valence-electron chi connectivity index (χ3n) is 3.49. The van der Waals surface area contributed by atoms with Crippen molar-refractivity contribution in [2.75, 3.05) is 14.2 Å². The van der Waals surface area contributed by atoms with E-state index >= 15 is 0 Å². The van der Waals surface area contributed by atoms with Gasteiger partial charge in [-0.25, -0.2) is 0 Å². The number of para-hydroxylation sites is 2. The topological polar surface area (TPSA) is 69.2 Å². The van der Waals surface area contributed by atoms with Crippen LogP contribution in [0.2, 0.25) is 0 Å². The first kappa shape index (κ1) is 19.3. The van der Waals surface area contributed by atoms with E-state index in [4.69, 9.17) is 14.3 Å². The number of hydrogen-bond acceptors (Lipinski definition) is 5. The fourth-order valence-electron chi connectivity index (χ4n) is 2.38. The minimum atomic E-state index is -0.331. The molecular formula is C20H24N2O4. The Labute approximate surface area is 153 Å². The Morgan fingerprint density at radius 2 is 1.73 bits per heavy atom. The van der Waals surface area contributed by atoms with E-state index in [0.717, 1.165) is 5.56 Å². The predicted octanol–water partition coefficient (Wildman–Crippen LogP) is 3.15. The van der Waals surface area contributed by atoms with Gasteiger partial charge in [0.1, 0.15) is 13.7 Å². The van der Waals surface area contributed by atoms with Gasteiger partial charge in [-0.05, 0) is 31.5 Å². The normalized spacial score (nSPS) is 11.2. The molecule has 0 unspecified atom stereocenters. The minimum absolute atomic E-state index is 0.0423. The molecule has 2 aromatic carbocycles. The van der Waals surface area contributed by atoms with Crippen LogP contribution in [0.25, 0.3) is 0 Å². The first-order valence-electron chi connectivity index (χ1n) is 8.36. The lowest BCUT2D eigenvalue weighted by atomic mass is 10.0. The Kier molecular flexibility index (Phi) is 7.02. The van der Waals surface area contributed by atoms with Crippen LogP contribution in [0.4, 0.5) is 0 Å². The summed E-state index contributed by atoms with van der Waals surface area (Å²) in [6.45, 7) is 4.18. The lowest BCUT2D eigenvalue weighted by molar-refractivity contribution is -0.114. The van der Waals surface area contributed by atoms with Gasteiger partial charge in [-0.3, -0.25) is 4.79 Å². The van der Waals surface area contributed by atoms with Gasteiger partial charge in [-0.2, -0.15) is 0 Å². The summed E-state index contributed by atoms with van der Waals surface area (Å²) < 4.78 is 11.7. The van der Waals surface area contributed by atoms with Crippen LogP contribution in [-0.2, 0) is 16.2 Å². The summed E-state index contributed by atoms with van der Waals surface area (Å²) in [7, 11) is 2.95. The number of nitrogens with one attached hydrogen (secondary N) is 1. The third-order valence-corrected chi connectivity index (χ3v) is 3.49. The van der Waals surface area contributed by atoms with Crippen LogP contribution in [-0.4, -0.2) is 31.9 Å². The van der Waals surface area contributed by atoms with Crippen molar-refractivity contribution in [3.63, 3.8) is 0 Å². The van der Waals surface area contributed by atoms with Crippen LogP contribution in [0.3, 0.4) is 0 Å². The maximum atomic E-state index is 12.1. The molecule has 2 rings (SSSR count). The average Bonchev–Trinajstić information content (AvgIpc) is 2.65. The number of hydrogen-bond donors (Lipinski definition) is 1. The number of likely N-dealkylation sites (N-methyl/N-ethyl adjacent to an activating group) is 1. The summed E-state index contributed by atoms with van der Waals surface area (Å²) in [5.74, 6) is 0.987. The summed E-state index contributed by atoms with van der Waals surface area (Å²) in [5.41, 5.74) is 1.66. The first-order valence-corrected chi connectivity index (χ1v) is 8.36. The lowest BCUT2D eigenvalue weighted by Crippen LogP contribution is -2.29. The molecule has 0 aliphatic rings. The molecule has 6 heteroatoms. The molecule has 0 saturated carbocycles. The quantitative estimate of drug-likeness (QED) is 0.583.